The smallest absolute Gasteiger partial charge is 0.262 e. The molecule has 0 unspecified atom stereocenters. The van der Waals surface area contributed by atoms with E-state index in [4.69, 9.17) is 27.9 Å². The molecule has 1 N–H and O–H groups in total. The standard InChI is InChI=1S/C20H20Cl2N2O6S2/c1-31(26,27)13-32(28,29)23-19-17(21)10-15(11-18(19)22)20(25)24-7-8-30-16(12-24)9-14-5-3-2-4-6-14/h2-3,5,7-8,10-12,23H,4,6,9,13H2,1H3. The number of benzene rings is 1. The molecule has 0 fully saturated rings. The zero-order valence-corrected chi connectivity index (χ0v) is 20.1. The summed E-state index contributed by atoms with van der Waals surface area (Å²) in [4.78, 5) is 14.3. The molecule has 1 aliphatic carbocycles. The number of rotatable bonds is 7. The van der Waals surface area contributed by atoms with Crippen LogP contribution in [0.5, 0.6) is 0 Å². The second kappa shape index (κ2) is 9.70. The molecule has 0 saturated carbocycles. The van der Waals surface area contributed by atoms with Crippen LogP contribution in [0.25, 0.3) is 0 Å². The average molecular weight is 519 g/mol. The van der Waals surface area contributed by atoms with E-state index in [-0.39, 0.29) is 21.3 Å². The lowest BCUT2D eigenvalue weighted by molar-refractivity contribution is 0.0854. The molecule has 2 aliphatic rings. The van der Waals surface area contributed by atoms with Gasteiger partial charge in [-0.15, -0.1) is 0 Å². The second-order valence-electron chi connectivity index (χ2n) is 7.25. The third-order valence-electron chi connectivity index (χ3n) is 4.38. The van der Waals surface area contributed by atoms with Gasteiger partial charge < -0.3 is 4.74 Å². The maximum atomic E-state index is 12.9. The Morgan fingerprint density at radius 2 is 1.88 bits per heavy atom. The van der Waals surface area contributed by atoms with Crippen molar-refractivity contribution in [1.29, 1.82) is 0 Å². The molecule has 0 aromatic heterocycles. The number of carbonyl (C=O) groups excluding carboxylic acids is 1. The largest absolute Gasteiger partial charge is 0.466 e. The van der Waals surface area contributed by atoms with Crippen molar-refractivity contribution in [3.8, 4) is 0 Å². The Labute approximate surface area is 196 Å². The van der Waals surface area contributed by atoms with Crippen LogP contribution in [0.3, 0.4) is 0 Å². The fraction of sp³-hybridized carbons (Fsp3) is 0.250. The van der Waals surface area contributed by atoms with Gasteiger partial charge in [0.05, 0.1) is 21.9 Å². The molecule has 1 aromatic carbocycles. The summed E-state index contributed by atoms with van der Waals surface area (Å²) in [7, 11) is -8.07. The number of sulfonamides is 1. The molecule has 172 valence electrons. The van der Waals surface area contributed by atoms with Crippen LogP contribution in [0, 0.1) is 0 Å². The predicted octanol–water partition coefficient (Wildman–Crippen LogP) is 4.19. The number of sulfone groups is 1. The summed E-state index contributed by atoms with van der Waals surface area (Å²) < 4.78 is 54.3. The topological polar surface area (TPSA) is 110 Å². The van der Waals surface area contributed by atoms with Crippen molar-refractivity contribution >= 4 is 54.7 Å². The van der Waals surface area contributed by atoms with Crippen LogP contribution in [0.4, 0.5) is 5.69 Å². The number of ether oxygens (including phenoxy) is 1. The molecule has 1 aromatic rings. The summed E-state index contributed by atoms with van der Waals surface area (Å²) in [5, 5.41) is -1.44. The van der Waals surface area contributed by atoms with Crippen LogP contribution in [-0.2, 0) is 24.6 Å². The van der Waals surface area contributed by atoms with Gasteiger partial charge in [0.1, 0.15) is 12.0 Å². The molecule has 0 bridgehead atoms. The van der Waals surface area contributed by atoms with Gasteiger partial charge in [-0.3, -0.25) is 14.4 Å². The molecule has 8 nitrogen and oxygen atoms in total. The predicted molar refractivity (Wildman–Crippen MR) is 124 cm³/mol. The molecule has 32 heavy (non-hydrogen) atoms. The van der Waals surface area contributed by atoms with E-state index in [0.717, 1.165) is 19.1 Å². The number of hydrogen-bond acceptors (Lipinski definition) is 6. The van der Waals surface area contributed by atoms with E-state index < -0.39 is 30.9 Å². The molecular formula is C20H20Cl2N2O6S2. The highest BCUT2D eigenvalue weighted by atomic mass is 35.5. The average Bonchev–Trinajstić information content (AvgIpc) is 2.69. The Kier molecular flexibility index (Phi) is 7.39. The van der Waals surface area contributed by atoms with Gasteiger partial charge in [0.15, 0.2) is 14.9 Å². The van der Waals surface area contributed by atoms with Crippen molar-refractivity contribution in [2.24, 2.45) is 0 Å². The molecular weight excluding hydrogens is 499 g/mol. The van der Waals surface area contributed by atoms with Gasteiger partial charge in [-0.1, -0.05) is 47.0 Å². The first-order valence-electron chi connectivity index (χ1n) is 9.32. The van der Waals surface area contributed by atoms with Gasteiger partial charge in [-0.25, -0.2) is 16.8 Å². The molecule has 0 saturated heterocycles. The van der Waals surface area contributed by atoms with Gasteiger partial charge >= 0.3 is 0 Å². The summed E-state index contributed by atoms with van der Waals surface area (Å²) in [6.45, 7) is 0. The highest BCUT2D eigenvalue weighted by Gasteiger charge is 2.23. The fourth-order valence-electron chi connectivity index (χ4n) is 3.06. The summed E-state index contributed by atoms with van der Waals surface area (Å²) >= 11 is 12.3. The normalized spacial score (nSPS) is 16.3. The first kappa shape index (κ1) is 24.4. The van der Waals surface area contributed by atoms with Crippen LogP contribution in [0.15, 0.2) is 60.4 Å². The highest BCUT2D eigenvalue weighted by molar-refractivity contribution is 8.08. The lowest BCUT2D eigenvalue weighted by atomic mass is 10.0. The minimum absolute atomic E-state index is 0.105. The van der Waals surface area contributed by atoms with Gasteiger partial charge in [-0.2, -0.15) is 0 Å². The lowest BCUT2D eigenvalue weighted by Crippen LogP contribution is -2.24. The molecule has 0 radical (unpaired) electrons. The van der Waals surface area contributed by atoms with Crippen molar-refractivity contribution in [2.75, 3.05) is 16.1 Å². The van der Waals surface area contributed by atoms with Crippen molar-refractivity contribution in [3.63, 3.8) is 0 Å². The van der Waals surface area contributed by atoms with Crippen molar-refractivity contribution < 1.29 is 26.4 Å². The Morgan fingerprint density at radius 3 is 2.47 bits per heavy atom. The van der Waals surface area contributed by atoms with Gasteiger partial charge in [0.2, 0.25) is 10.0 Å². The van der Waals surface area contributed by atoms with E-state index in [1.54, 1.807) is 6.20 Å². The molecule has 12 heteroatoms. The fourth-order valence-corrected chi connectivity index (χ4v) is 6.77. The maximum Gasteiger partial charge on any atom is 0.262 e. The monoisotopic (exact) mass is 518 g/mol. The first-order chi connectivity index (χ1) is 14.9. The minimum atomic E-state index is -4.26. The van der Waals surface area contributed by atoms with Crippen LogP contribution in [-0.4, -0.2) is 39.0 Å². The van der Waals surface area contributed by atoms with Crippen LogP contribution in [0.1, 0.15) is 29.6 Å². The Balaban J connectivity index is 1.80. The number of carbonyl (C=O) groups is 1. The quantitative estimate of drug-likeness (QED) is 0.579. The summed E-state index contributed by atoms with van der Waals surface area (Å²) in [5.74, 6) is 0.124. The van der Waals surface area contributed by atoms with E-state index in [1.165, 1.54) is 35.1 Å². The zero-order chi connectivity index (χ0) is 23.5. The summed E-state index contributed by atoms with van der Waals surface area (Å²) in [6, 6.07) is 2.50. The van der Waals surface area contributed by atoms with Crippen LogP contribution >= 0.6 is 23.2 Å². The lowest BCUT2D eigenvalue weighted by Gasteiger charge is -2.21. The van der Waals surface area contributed by atoms with E-state index in [0.29, 0.717) is 12.2 Å². The van der Waals surface area contributed by atoms with E-state index in [9.17, 15) is 21.6 Å². The summed E-state index contributed by atoms with van der Waals surface area (Å²) in [6.07, 6.45) is 13.7. The SMILES string of the molecule is CS(=O)(=O)CS(=O)(=O)Nc1c(Cl)cc(C(=O)N2C=COC(CC3=CC=CCC3)=C2)cc1Cl. The zero-order valence-electron chi connectivity index (χ0n) is 16.9. The number of amides is 1. The molecule has 1 heterocycles. The number of anilines is 1. The Hall–Kier alpha value is -2.27. The molecule has 1 amide bonds. The minimum Gasteiger partial charge on any atom is -0.466 e. The van der Waals surface area contributed by atoms with E-state index in [2.05, 4.69) is 10.8 Å². The van der Waals surface area contributed by atoms with Gasteiger partial charge in [0, 0.05) is 24.4 Å². The number of allylic oxidation sites excluding steroid dienone is 4. The molecule has 3 rings (SSSR count). The number of nitrogens with one attached hydrogen (secondary N) is 1. The number of halogens is 2. The molecule has 0 atom stereocenters. The number of nitrogens with zero attached hydrogens (tertiary/aromatic N) is 1. The molecule has 0 spiro atoms. The van der Waals surface area contributed by atoms with Crippen molar-refractivity contribution in [2.45, 2.75) is 19.3 Å². The van der Waals surface area contributed by atoms with Crippen LogP contribution in [0.2, 0.25) is 10.0 Å². The van der Waals surface area contributed by atoms with Gasteiger partial charge in [-0.05, 0) is 25.0 Å². The Morgan fingerprint density at radius 1 is 1.19 bits per heavy atom. The third kappa shape index (κ3) is 6.61. The number of hydrogen-bond donors (Lipinski definition) is 1. The Bertz CT molecular complexity index is 1240. The summed E-state index contributed by atoms with van der Waals surface area (Å²) in [5.41, 5.74) is 1.07. The first-order valence-corrected chi connectivity index (χ1v) is 13.8. The maximum absolute atomic E-state index is 12.9. The molecule has 1 aliphatic heterocycles. The van der Waals surface area contributed by atoms with E-state index in [1.807, 2.05) is 12.2 Å². The third-order valence-corrected chi connectivity index (χ3v) is 8.44. The van der Waals surface area contributed by atoms with E-state index >= 15 is 0 Å². The second-order valence-corrected chi connectivity index (χ2v) is 12.3. The van der Waals surface area contributed by atoms with Crippen molar-refractivity contribution in [3.05, 3.63) is 76.0 Å². The van der Waals surface area contributed by atoms with Crippen LogP contribution < -0.4 is 4.72 Å². The van der Waals surface area contributed by atoms with Crippen molar-refractivity contribution in [1.82, 2.24) is 4.90 Å². The van der Waals surface area contributed by atoms with Gasteiger partial charge in [0.25, 0.3) is 5.91 Å². The highest BCUT2D eigenvalue weighted by Crippen LogP contribution is 2.34.